The van der Waals surface area contributed by atoms with E-state index in [-0.39, 0.29) is 0 Å². The van der Waals surface area contributed by atoms with E-state index < -0.39 is 0 Å². The first-order valence-electron chi connectivity index (χ1n) is 6.63. The van der Waals surface area contributed by atoms with Crippen molar-refractivity contribution in [2.75, 3.05) is 0 Å². The monoisotopic (exact) mass is 310 g/mol. The summed E-state index contributed by atoms with van der Waals surface area (Å²) < 4.78 is 2.00. The molecule has 6 heteroatoms. The van der Waals surface area contributed by atoms with Crippen LogP contribution < -0.4 is 0 Å². The Hall–Kier alpha value is -1.97. The number of nitriles is 1. The molecule has 21 heavy (non-hydrogen) atoms. The number of pyridine rings is 2. The molecular formula is C15H10N4S2. The summed E-state index contributed by atoms with van der Waals surface area (Å²) in [6.45, 7) is 0. The van der Waals surface area contributed by atoms with Gasteiger partial charge in [-0.2, -0.15) is 5.26 Å². The Bertz CT molecular complexity index is 828. The number of nitrogens with zero attached hydrogens (tertiary/aromatic N) is 4. The molecule has 0 spiro atoms. The number of aromatic nitrogens is 3. The Morgan fingerprint density at radius 1 is 1.24 bits per heavy atom. The largest absolute Gasteiger partial charge is 0.262 e. The molecule has 0 aliphatic heterocycles. The van der Waals surface area contributed by atoms with Gasteiger partial charge in [0.2, 0.25) is 0 Å². The minimum absolute atomic E-state index is 0.580. The third kappa shape index (κ3) is 2.50. The van der Waals surface area contributed by atoms with Gasteiger partial charge < -0.3 is 0 Å². The molecular weight excluding hydrogens is 300 g/mol. The standard InChI is InChI=1S/C15H10N4S2/c16-7-10-3-4-11(9-1-2-9)18-14(10)21-15-19-12-8-17-6-5-13(12)20-15/h3-6,8-9H,1-2H2. The van der Waals surface area contributed by atoms with Crippen LogP contribution in [0.3, 0.4) is 0 Å². The van der Waals surface area contributed by atoms with E-state index in [1.165, 1.54) is 24.6 Å². The second kappa shape index (κ2) is 5.10. The molecule has 4 rings (SSSR count). The minimum Gasteiger partial charge on any atom is -0.262 e. The van der Waals surface area contributed by atoms with Crippen LogP contribution in [0.25, 0.3) is 10.2 Å². The zero-order valence-electron chi connectivity index (χ0n) is 11.0. The van der Waals surface area contributed by atoms with E-state index in [4.69, 9.17) is 0 Å². The lowest BCUT2D eigenvalue weighted by Crippen LogP contribution is -1.92. The lowest BCUT2D eigenvalue weighted by molar-refractivity contribution is 0.953. The number of fused-ring (bicyclic) bond motifs is 1. The quantitative estimate of drug-likeness (QED) is 0.732. The fourth-order valence-electron chi connectivity index (χ4n) is 2.11. The molecule has 1 aliphatic carbocycles. The highest BCUT2D eigenvalue weighted by atomic mass is 32.2. The molecule has 3 heterocycles. The topological polar surface area (TPSA) is 62.5 Å². The Morgan fingerprint density at radius 3 is 2.90 bits per heavy atom. The van der Waals surface area contributed by atoms with E-state index in [1.54, 1.807) is 23.7 Å². The molecule has 0 bridgehead atoms. The van der Waals surface area contributed by atoms with Crippen LogP contribution in [0.4, 0.5) is 0 Å². The highest BCUT2D eigenvalue weighted by molar-refractivity contribution is 8.01. The number of hydrogen-bond donors (Lipinski definition) is 0. The van der Waals surface area contributed by atoms with Crippen LogP contribution in [0.2, 0.25) is 0 Å². The third-order valence-electron chi connectivity index (χ3n) is 3.35. The molecule has 0 saturated heterocycles. The van der Waals surface area contributed by atoms with Crippen molar-refractivity contribution in [2.24, 2.45) is 0 Å². The van der Waals surface area contributed by atoms with E-state index in [9.17, 15) is 5.26 Å². The van der Waals surface area contributed by atoms with Crippen molar-refractivity contribution in [3.8, 4) is 6.07 Å². The van der Waals surface area contributed by atoms with Gasteiger partial charge in [0.25, 0.3) is 0 Å². The van der Waals surface area contributed by atoms with Crippen molar-refractivity contribution in [3.63, 3.8) is 0 Å². The second-order valence-electron chi connectivity index (χ2n) is 4.90. The van der Waals surface area contributed by atoms with E-state index >= 15 is 0 Å². The van der Waals surface area contributed by atoms with Crippen LogP contribution in [-0.4, -0.2) is 15.0 Å². The van der Waals surface area contributed by atoms with Gasteiger partial charge in [0.15, 0.2) is 4.34 Å². The van der Waals surface area contributed by atoms with Crippen molar-refractivity contribution >= 4 is 33.3 Å². The fourth-order valence-corrected chi connectivity index (χ4v) is 4.13. The molecule has 0 atom stereocenters. The Kier molecular flexibility index (Phi) is 3.09. The highest BCUT2D eigenvalue weighted by Gasteiger charge is 2.26. The number of thiazole rings is 1. The van der Waals surface area contributed by atoms with Gasteiger partial charge in [-0.15, -0.1) is 11.3 Å². The maximum Gasteiger partial charge on any atom is 0.157 e. The molecule has 102 valence electrons. The molecule has 3 aromatic heterocycles. The SMILES string of the molecule is N#Cc1ccc(C2CC2)nc1Sc1nc2cnccc2s1. The van der Waals surface area contributed by atoms with Crippen LogP contribution >= 0.6 is 23.1 Å². The number of rotatable bonds is 3. The van der Waals surface area contributed by atoms with Crippen LogP contribution in [0, 0.1) is 11.3 Å². The van der Waals surface area contributed by atoms with Gasteiger partial charge in [0, 0.05) is 17.8 Å². The molecule has 0 radical (unpaired) electrons. The first-order valence-corrected chi connectivity index (χ1v) is 8.26. The zero-order valence-corrected chi connectivity index (χ0v) is 12.6. The summed E-state index contributed by atoms with van der Waals surface area (Å²) in [5.74, 6) is 0.580. The summed E-state index contributed by atoms with van der Waals surface area (Å²) in [6.07, 6.45) is 5.93. The van der Waals surface area contributed by atoms with E-state index in [1.807, 2.05) is 18.2 Å². The maximum atomic E-state index is 9.25. The van der Waals surface area contributed by atoms with Crippen LogP contribution in [0.1, 0.15) is 30.0 Å². The molecule has 3 aromatic rings. The molecule has 4 nitrogen and oxygen atoms in total. The summed E-state index contributed by atoms with van der Waals surface area (Å²) in [6, 6.07) is 8.02. The summed E-state index contributed by atoms with van der Waals surface area (Å²) in [5.41, 5.74) is 2.60. The highest BCUT2D eigenvalue weighted by Crippen LogP contribution is 2.41. The van der Waals surface area contributed by atoms with Gasteiger partial charge in [-0.25, -0.2) is 9.97 Å². The molecule has 0 unspecified atom stereocenters. The Labute approximate surface area is 129 Å². The summed E-state index contributed by atoms with van der Waals surface area (Å²) >= 11 is 3.07. The van der Waals surface area contributed by atoms with Gasteiger partial charge in [-0.3, -0.25) is 4.98 Å². The smallest absolute Gasteiger partial charge is 0.157 e. The predicted molar refractivity (Wildman–Crippen MR) is 82.5 cm³/mol. The van der Waals surface area contributed by atoms with Gasteiger partial charge in [-0.1, -0.05) is 0 Å². The average Bonchev–Trinajstić information content (AvgIpc) is 3.27. The molecule has 1 fully saturated rings. The molecule has 1 aliphatic rings. The molecule has 1 saturated carbocycles. The summed E-state index contributed by atoms with van der Waals surface area (Å²) in [4.78, 5) is 13.3. The lowest BCUT2D eigenvalue weighted by atomic mass is 10.2. The van der Waals surface area contributed by atoms with Gasteiger partial charge >= 0.3 is 0 Å². The van der Waals surface area contributed by atoms with Crippen molar-refractivity contribution in [3.05, 3.63) is 41.9 Å². The second-order valence-corrected chi connectivity index (χ2v) is 7.17. The van der Waals surface area contributed by atoms with Crippen molar-refractivity contribution in [2.45, 2.75) is 28.1 Å². The normalized spacial score (nSPS) is 14.2. The Balaban J connectivity index is 1.72. The minimum atomic E-state index is 0.580. The van der Waals surface area contributed by atoms with Crippen molar-refractivity contribution in [1.82, 2.24) is 15.0 Å². The van der Waals surface area contributed by atoms with Crippen LogP contribution in [0.5, 0.6) is 0 Å². The Morgan fingerprint density at radius 2 is 2.14 bits per heavy atom. The molecule has 0 N–H and O–H groups in total. The first kappa shape index (κ1) is 12.7. The van der Waals surface area contributed by atoms with Crippen LogP contribution in [-0.2, 0) is 0 Å². The van der Waals surface area contributed by atoms with Gasteiger partial charge in [0.1, 0.15) is 16.6 Å². The lowest BCUT2D eigenvalue weighted by Gasteiger charge is -2.03. The number of hydrogen-bond acceptors (Lipinski definition) is 6. The van der Waals surface area contributed by atoms with E-state index in [0.717, 1.165) is 25.3 Å². The van der Waals surface area contributed by atoms with E-state index in [0.29, 0.717) is 11.5 Å². The third-order valence-corrected chi connectivity index (χ3v) is 5.45. The van der Waals surface area contributed by atoms with Crippen molar-refractivity contribution in [1.29, 1.82) is 5.26 Å². The van der Waals surface area contributed by atoms with Crippen LogP contribution in [0.15, 0.2) is 40.0 Å². The molecule has 0 aromatic carbocycles. The zero-order chi connectivity index (χ0) is 14.2. The molecule has 0 amide bonds. The van der Waals surface area contributed by atoms with Gasteiger partial charge in [-0.05, 0) is 42.8 Å². The van der Waals surface area contributed by atoms with Gasteiger partial charge in [0.05, 0.1) is 16.5 Å². The van der Waals surface area contributed by atoms with Crippen molar-refractivity contribution < 1.29 is 0 Å². The fraction of sp³-hybridized carbons (Fsp3) is 0.200. The summed E-state index contributed by atoms with van der Waals surface area (Å²) in [5, 5.41) is 10.0. The first-order chi connectivity index (χ1) is 10.3. The average molecular weight is 310 g/mol. The summed E-state index contributed by atoms with van der Waals surface area (Å²) in [7, 11) is 0. The predicted octanol–water partition coefficient (Wildman–Crippen LogP) is 3.99. The maximum absolute atomic E-state index is 9.25. The van der Waals surface area contributed by atoms with E-state index in [2.05, 4.69) is 21.0 Å².